The van der Waals surface area contributed by atoms with Crippen LogP contribution in [0.4, 0.5) is 5.69 Å². The summed E-state index contributed by atoms with van der Waals surface area (Å²) in [5, 5.41) is 0.650. The average Bonchev–Trinajstić information content (AvgIpc) is 2.86. The molecule has 1 fully saturated rings. The number of likely N-dealkylation sites (N-methyl/N-ethyl adjacent to an activating group) is 1. The monoisotopic (exact) mass is 308 g/mol. The van der Waals surface area contributed by atoms with E-state index in [1.54, 1.807) is 0 Å². The molecule has 1 aliphatic heterocycles. The van der Waals surface area contributed by atoms with Gasteiger partial charge >= 0.3 is 0 Å². The second-order valence-corrected chi connectivity index (χ2v) is 6.19. The Kier molecular flexibility index (Phi) is 6.07. The summed E-state index contributed by atoms with van der Waals surface area (Å²) in [4.78, 5) is 16.6. The van der Waals surface area contributed by atoms with E-state index < -0.39 is 0 Å². The molecule has 3 nitrogen and oxygen atoms in total. The lowest BCUT2D eigenvalue weighted by molar-refractivity contribution is -0.121. The Balaban J connectivity index is 1.93. The Hall–Kier alpha value is -1.06. The van der Waals surface area contributed by atoms with E-state index in [0.29, 0.717) is 5.02 Å². The molecule has 1 amide bonds. The number of para-hydroxylation sites is 1. The number of unbranched alkanes of at least 4 members (excludes halogenated alkanes) is 3. The lowest BCUT2D eigenvalue weighted by Crippen LogP contribution is -2.40. The lowest BCUT2D eigenvalue weighted by Gasteiger charge is -2.24. The van der Waals surface area contributed by atoms with Crippen LogP contribution < -0.4 is 4.90 Å². The number of nitrogens with zero attached hydrogens (tertiary/aromatic N) is 2. The van der Waals surface area contributed by atoms with E-state index in [2.05, 4.69) is 18.9 Å². The van der Waals surface area contributed by atoms with E-state index in [1.165, 1.54) is 25.7 Å². The predicted molar refractivity (Wildman–Crippen MR) is 89.0 cm³/mol. The van der Waals surface area contributed by atoms with Crippen LogP contribution in [-0.2, 0) is 4.79 Å². The molecular weight excluding hydrogens is 284 g/mol. The van der Waals surface area contributed by atoms with E-state index in [9.17, 15) is 4.79 Å². The number of halogens is 1. The molecule has 1 heterocycles. The molecule has 1 unspecified atom stereocenters. The van der Waals surface area contributed by atoms with Crippen molar-refractivity contribution in [2.24, 2.45) is 0 Å². The van der Waals surface area contributed by atoms with Crippen molar-refractivity contribution in [2.45, 2.75) is 45.1 Å². The quantitative estimate of drug-likeness (QED) is 0.712. The van der Waals surface area contributed by atoms with Crippen LogP contribution in [0.15, 0.2) is 24.3 Å². The van der Waals surface area contributed by atoms with Crippen molar-refractivity contribution < 1.29 is 4.79 Å². The van der Waals surface area contributed by atoms with Crippen molar-refractivity contribution in [3.8, 4) is 0 Å². The first-order chi connectivity index (χ1) is 10.1. The number of rotatable bonds is 7. The maximum atomic E-state index is 12.6. The summed E-state index contributed by atoms with van der Waals surface area (Å²) < 4.78 is 0. The van der Waals surface area contributed by atoms with Gasteiger partial charge in [-0.1, -0.05) is 49.9 Å². The third kappa shape index (κ3) is 3.98. The molecule has 21 heavy (non-hydrogen) atoms. The minimum absolute atomic E-state index is 0.00268. The number of hydrogen-bond acceptors (Lipinski definition) is 2. The Labute approximate surface area is 132 Å². The predicted octanol–water partition coefficient (Wildman–Crippen LogP) is 3.96. The highest BCUT2D eigenvalue weighted by molar-refractivity contribution is 6.33. The summed E-state index contributed by atoms with van der Waals surface area (Å²) in [6.45, 7) is 3.96. The summed E-state index contributed by atoms with van der Waals surface area (Å²) >= 11 is 6.21. The van der Waals surface area contributed by atoms with Crippen molar-refractivity contribution in [3.05, 3.63) is 29.3 Å². The molecule has 2 rings (SSSR count). The molecule has 0 spiro atoms. The van der Waals surface area contributed by atoms with Gasteiger partial charge in [-0.15, -0.1) is 0 Å². The van der Waals surface area contributed by atoms with Gasteiger partial charge in [0.2, 0.25) is 5.91 Å². The highest BCUT2D eigenvalue weighted by Crippen LogP contribution is 2.30. The van der Waals surface area contributed by atoms with Crippen LogP contribution in [0, 0.1) is 0 Å². The summed E-state index contributed by atoms with van der Waals surface area (Å²) in [6.07, 6.45) is 5.81. The zero-order valence-corrected chi connectivity index (χ0v) is 13.8. The van der Waals surface area contributed by atoms with Gasteiger partial charge < -0.3 is 4.90 Å². The topological polar surface area (TPSA) is 23.6 Å². The van der Waals surface area contributed by atoms with Gasteiger partial charge in [0.15, 0.2) is 0 Å². The first-order valence-corrected chi connectivity index (χ1v) is 8.29. The second-order valence-electron chi connectivity index (χ2n) is 5.79. The van der Waals surface area contributed by atoms with E-state index in [4.69, 9.17) is 11.6 Å². The van der Waals surface area contributed by atoms with Gasteiger partial charge in [-0.05, 0) is 38.6 Å². The van der Waals surface area contributed by atoms with Crippen LogP contribution in [0.3, 0.4) is 0 Å². The smallest absolute Gasteiger partial charge is 0.244 e. The molecule has 0 saturated carbocycles. The van der Waals surface area contributed by atoms with Crippen LogP contribution >= 0.6 is 11.6 Å². The summed E-state index contributed by atoms with van der Waals surface area (Å²) in [5.74, 6) is 0.182. The van der Waals surface area contributed by atoms with Gasteiger partial charge in [-0.25, -0.2) is 0 Å². The highest BCUT2D eigenvalue weighted by Gasteiger charge is 2.35. The number of carbonyl (C=O) groups excluding carboxylic acids is 1. The van der Waals surface area contributed by atoms with Crippen LogP contribution in [0.2, 0.25) is 5.02 Å². The molecule has 116 valence electrons. The molecule has 0 bridgehead atoms. The zero-order chi connectivity index (χ0) is 15.2. The SMILES string of the molecule is CCCCCCN(C)C1CCN(c2ccccc2Cl)C1=O. The van der Waals surface area contributed by atoms with E-state index in [-0.39, 0.29) is 11.9 Å². The number of carbonyl (C=O) groups is 1. The molecule has 0 radical (unpaired) electrons. The summed E-state index contributed by atoms with van der Waals surface area (Å²) in [6, 6.07) is 7.58. The number of hydrogen-bond donors (Lipinski definition) is 0. The molecule has 1 saturated heterocycles. The minimum Gasteiger partial charge on any atom is -0.310 e. The van der Waals surface area contributed by atoms with Crippen molar-refractivity contribution in [1.29, 1.82) is 0 Å². The maximum absolute atomic E-state index is 12.6. The molecule has 1 aromatic rings. The summed E-state index contributed by atoms with van der Waals surface area (Å²) in [5.41, 5.74) is 0.839. The van der Waals surface area contributed by atoms with Crippen LogP contribution in [0.5, 0.6) is 0 Å². The first kappa shape index (κ1) is 16.3. The lowest BCUT2D eigenvalue weighted by atomic mass is 10.1. The van der Waals surface area contributed by atoms with Crippen LogP contribution in [0.1, 0.15) is 39.0 Å². The molecule has 1 atom stereocenters. The average molecular weight is 309 g/mol. The molecule has 0 aromatic heterocycles. The van der Waals surface area contributed by atoms with Gasteiger partial charge in [0.25, 0.3) is 0 Å². The van der Waals surface area contributed by atoms with E-state index in [1.807, 2.05) is 29.2 Å². The molecule has 0 N–H and O–H groups in total. The Bertz CT molecular complexity index is 478. The zero-order valence-electron chi connectivity index (χ0n) is 13.0. The number of anilines is 1. The fourth-order valence-electron chi connectivity index (χ4n) is 2.93. The first-order valence-electron chi connectivity index (χ1n) is 7.91. The van der Waals surface area contributed by atoms with Crippen LogP contribution in [-0.4, -0.2) is 37.0 Å². The number of amides is 1. The van der Waals surface area contributed by atoms with Gasteiger partial charge in [0.05, 0.1) is 16.8 Å². The molecule has 4 heteroatoms. The van der Waals surface area contributed by atoms with Gasteiger partial charge in [0.1, 0.15) is 0 Å². The maximum Gasteiger partial charge on any atom is 0.244 e. The number of benzene rings is 1. The largest absolute Gasteiger partial charge is 0.310 e. The van der Waals surface area contributed by atoms with E-state index >= 15 is 0 Å². The summed E-state index contributed by atoms with van der Waals surface area (Å²) in [7, 11) is 2.06. The van der Waals surface area contributed by atoms with E-state index in [0.717, 1.165) is 25.2 Å². The fourth-order valence-corrected chi connectivity index (χ4v) is 3.17. The van der Waals surface area contributed by atoms with Crippen LogP contribution in [0.25, 0.3) is 0 Å². The van der Waals surface area contributed by atoms with Crippen molar-refractivity contribution in [1.82, 2.24) is 4.90 Å². The van der Waals surface area contributed by atoms with Crippen molar-refractivity contribution in [2.75, 3.05) is 25.0 Å². The Morgan fingerprint density at radius 2 is 2.05 bits per heavy atom. The standard InChI is InChI=1S/C17H25ClN2O/c1-3-4-5-8-12-19(2)16-11-13-20(17(16)21)15-10-7-6-9-14(15)18/h6-7,9-10,16H,3-5,8,11-13H2,1-2H3. The van der Waals surface area contributed by atoms with Crippen molar-refractivity contribution >= 4 is 23.2 Å². The highest BCUT2D eigenvalue weighted by atomic mass is 35.5. The fraction of sp³-hybridized carbons (Fsp3) is 0.588. The van der Waals surface area contributed by atoms with Gasteiger partial charge in [-0.3, -0.25) is 9.69 Å². The second kappa shape index (κ2) is 7.81. The normalized spacial score (nSPS) is 18.8. The molecule has 1 aromatic carbocycles. The molecule has 1 aliphatic rings. The minimum atomic E-state index is 0.00268. The molecule has 0 aliphatic carbocycles. The van der Waals surface area contributed by atoms with Crippen molar-refractivity contribution in [3.63, 3.8) is 0 Å². The Morgan fingerprint density at radius 1 is 1.29 bits per heavy atom. The Morgan fingerprint density at radius 3 is 2.76 bits per heavy atom. The third-order valence-electron chi connectivity index (χ3n) is 4.22. The molecular formula is C17H25ClN2O. The third-order valence-corrected chi connectivity index (χ3v) is 4.54. The van der Waals surface area contributed by atoms with Gasteiger partial charge in [0, 0.05) is 6.54 Å². The van der Waals surface area contributed by atoms with Gasteiger partial charge in [-0.2, -0.15) is 0 Å².